The zero-order valence-electron chi connectivity index (χ0n) is 15.5. The Balaban J connectivity index is 1.77. The molecule has 0 saturated heterocycles. The number of H-pyrrole nitrogens is 2. The van der Waals surface area contributed by atoms with Crippen LogP contribution in [0.5, 0.6) is 0 Å². The summed E-state index contributed by atoms with van der Waals surface area (Å²) in [6.45, 7) is 3.86. The van der Waals surface area contributed by atoms with E-state index in [0.29, 0.717) is 33.7 Å². The van der Waals surface area contributed by atoms with E-state index in [1.54, 1.807) is 42.5 Å². The normalized spacial score (nSPS) is 13.1. The van der Waals surface area contributed by atoms with Gasteiger partial charge in [-0.25, -0.2) is 4.79 Å². The molecule has 0 bridgehead atoms. The van der Waals surface area contributed by atoms with E-state index in [2.05, 4.69) is 20.6 Å². The van der Waals surface area contributed by atoms with Crippen LogP contribution >= 0.6 is 11.6 Å². The van der Waals surface area contributed by atoms with E-state index in [1.807, 2.05) is 13.8 Å². The molecule has 0 aliphatic carbocycles. The molecule has 0 spiro atoms. The monoisotopic (exact) mass is 400 g/mol. The molecule has 2 atom stereocenters. The zero-order valence-corrected chi connectivity index (χ0v) is 16.3. The van der Waals surface area contributed by atoms with Crippen molar-refractivity contribution < 1.29 is 9.59 Å². The molecule has 0 saturated carbocycles. The predicted molar refractivity (Wildman–Crippen MR) is 110 cm³/mol. The van der Waals surface area contributed by atoms with Crippen LogP contribution in [0.2, 0.25) is 5.02 Å². The Morgan fingerprint density at radius 3 is 2.43 bits per heavy atom. The highest BCUT2D eigenvalue weighted by molar-refractivity contribution is 6.30. The number of fused-ring (bicyclic) bond motifs is 1. The van der Waals surface area contributed by atoms with Crippen molar-refractivity contribution in [1.82, 2.24) is 15.3 Å². The first kappa shape index (κ1) is 19.7. The van der Waals surface area contributed by atoms with Crippen LogP contribution in [0.25, 0.3) is 11.0 Å². The lowest BCUT2D eigenvalue weighted by atomic mass is 9.97. The third-order valence-electron chi connectivity index (χ3n) is 4.67. The number of benzene rings is 2. The molecule has 2 unspecified atom stereocenters. The number of hydrogen-bond donors (Lipinski definition) is 4. The minimum Gasteiger partial charge on any atom is -0.340 e. The SMILES string of the molecule is CCC(C)C(NC(=O)c1ccc(Cl)cc1)C(=O)Nc1ccc2[nH]c(=O)[nH]c2c1. The maximum absolute atomic E-state index is 12.8. The zero-order chi connectivity index (χ0) is 20.3. The fraction of sp³-hybridized carbons (Fsp3) is 0.250. The van der Waals surface area contributed by atoms with Crippen molar-refractivity contribution in [2.45, 2.75) is 26.3 Å². The van der Waals surface area contributed by atoms with E-state index in [-0.39, 0.29) is 23.4 Å². The van der Waals surface area contributed by atoms with Gasteiger partial charge in [-0.15, -0.1) is 0 Å². The van der Waals surface area contributed by atoms with Crippen LogP contribution in [0.15, 0.2) is 47.3 Å². The van der Waals surface area contributed by atoms with Gasteiger partial charge in [0, 0.05) is 16.3 Å². The number of nitrogens with one attached hydrogen (secondary N) is 4. The predicted octanol–water partition coefficient (Wildman–Crippen LogP) is 3.29. The Morgan fingerprint density at radius 1 is 1.07 bits per heavy atom. The van der Waals surface area contributed by atoms with Crippen molar-refractivity contribution in [2.75, 3.05) is 5.32 Å². The smallest absolute Gasteiger partial charge is 0.323 e. The Bertz CT molecular complexity index is 1060. The molecular formula is C20H21ClN4O3. The number of aromatic amines is 2. The van der Waals surface area contributed by atoms with Gasteiger partial charge in [-0.05, 0) is 48.4 Å². The molecule has 3 aromatic rings. The van der Waals surface area contributed by atoms with E-state index in [0.717, 1.165) is 0 Å². The molecule has 0 fully saturated rings. The average Bonchev–Trinajstić information content (AvgIpc) is 3.05. The number of anilines is 1. The third kappa shape index (κ3) is 4.43. The maximum atomic E-state index is 12.8. The molecule has 0 radical (unpaired) electrons. The van der Waals surface area contributed by atoms with Gasteiger partial charge in [-0.2, -0.15) is 0 Å². The molecular weight excluding hydrogens is 380 g/mol. The van der Waals surface area contributed by atoms with Crippen molar-refractivity contribution in [2.24, 2.45) is 5.92 Å². The van der Waals surface area contributed by atoms with Gasteiger partial charge in [-0.3, -0.25) is 9.59 Å². The van der Waals surface area contributed by atoms with Crippen molar-refractivity contribution in [3.63, 3.8) is 0 Å². The molecule has 2 aromatic carbocycles. The van der Waals surface area contributed by atoms with E-state index in [1.165, 1.54) is 0 Å². The van der Waals surface area contributed by atoms with Crippen LogP contribution in [-0.2, 0) is 4.79 Å². The third-order valence-corrected chi connectivity index (χ3v) is 4.92. The lowest BCUT2D eigenvalue weighted by Gasteiger charge is -2.23. The summed E-state index contributed by atoms with van der Waals surface area (Å²) < 4.78 is 0. The fourth-order valence-electron chi connectivity index (χ4n) is 2.86. The Labute approximate surface area is 166 Å². The number of rotatable bonds is 6. The van der Waals surface area contributed by atoms with Crippen LogP contribution in [0.4, 0.5) is 5.69 Å². The minimum absolute atomic E-state index is 0.0768. The highest BCUT2D eigenvalue weighted by atomic mass is 35.5. The Morgan fingerprint density at radius 2 is 1.75 bits per heavy atom. The van der Waals surface area contributed by atoms with Crippen LogP contribution < -0.4 is 16.3 Å². The van der Waals surface area contributed by atoms with Crippen molar-refractivity contribution in [1.29, 1.82) is 0 Å². The minimum atomic E-state index is -0.714. The van der Waals surface area contributed by atoms with Crippen LogP contribution in [0.3, 0.4) is 0 Å². The molecule has 0 aliphatic heterocycles. The van der Waals surface area contributed by atoms with Crippen LogP contribution in [-0.4, -0.2) is 27.8 Å². The maximum Gasteiger partial charge on any atom is 0.323 e. The van der Waals surface area contributed by atoms with Gasteiger partial charge in [0.15, 0.2) is 0 Å². The van der Waals surface area contributed by atoms with Gasteiger partial charge in [0.05, 0.1) is 11.0 Å². The molecule has 1 aromatic heterocycles. The summed E-state index contributed by atoms with van der Waals surface area (Å²) in [7, 11) is 0. The molecule has 28 heavy (non-hydrogen) atoms. The van der Waals surface area contributed by atoms with Crippen molar-refractivity contribution in [3.8, 4) is 0 Å². The number of amides is 2. The average molecular weight is 401 g/mol. The lowest BCUT2D eigenvalue weighted by molar-refractivity contribution is -0.119. The largest absolute Gasteiger partial charge is 0.340 e. The molecule has 1 heterocycles. The van der Waals surface area contributed by atoms with Gasteiger partial charge in [-0.1, -0.05) is 31.9 Å². The second-order valence-corrected chi connectivity index (χ2v) is 7.11. The summed E-state index contributed by atoms with van der Waals surface area (Å²) in [6, 6.07) is 10.8. The quantitative estimate of drug-likeness (QED) is 0.510. The molecule has 8 heteroatoms. The summed E-state index contributed by atoms with van der Waals surface area (Å²) >= 11 is 5.86. The Kier molecular flexibility index (Phi) is 5.84. The molecule has 4 N–H and O–H groups in total. The summed E-state index contributed by atoms with van der Waals surface area (Å²) in [6.07, 6.45) is 0.711. The van der Waals surface area contributed by atoms with Crippen LogP contribution in [0, 0.1) is 5.92 Å². The van der Waals surface area contributed by atoms with E-state index in [9.17, 15) is 14.4 Å². The molecule has 146 valence electrons. The highest BCUT2D eigenvalue weighted by Crippen LogP contribution is 2.17. The highest BCUT2D eigenvalue weighted by Gasteiger charge is 2.26. The van der Waals surface area contributed by atoms with Gasteiger partial charge >= 0.3 is 5.69 Å². The number of hydrogen-bond acceptors (Lipinski definition) is 3. The second kappa shape index (κ2) is 8.31. The first-order valence-corrected chi connectivity index (χ1v) is 9.34. The van der Waals surface area contributed by atoms with Gasteiger partial charge < -0.3 is 20.6 Å². The first-order valence-electron chi connectivity index (χ1n) is 8.96. The fourth-order valence-corrected chi connectivity index (χ4v) is 2.98. The summed E-state index contributed by atoms with van der Waals surface area (Å²) in [4.78, 5) is 42.1. The van der Waals surface area contributed by atoms with Crippen molar-refractivity contribution in [3.05, 3.63) is 63.5 Å². The lowest BCUT2D eigenvalue weighted by Crippen LogP contribution is -2.47. The number of halogens is 1. The molecule has 0 aliphatic rings. The van der Waals surface area contributed by atoms with E-state index < -0.39 is 6.04 Å². The first-order chi connectivity index (χ1) is 13.4. The standard InChI is InChI=1S/C20H21ClN4O3/c1-3-11(2)17(25-18(26)12-4-6-13(21)7-5-12)19(27)22-14-8-9-15-16(10-14)24-20(28)23-15/h4-11,17H,3H2,1-2H3,(H,22,27)(H,25,26)(H2,23,24,28). The summed E-state index contributed by atoms with van der Waals surface area (Å²) in [5.41, 5.74) is 1.88. The van der Waals surface area contributed by atoms with Gasteiger partial charge in [0.1, 0.15) is 6.04 Å². The van der Waals surface area contributed by atoms with E-state index in [4.69, 9.17) is 11.6 Å². The summed E-state index contributed by atoms with van der Waals surface area (Å²) in [5, 5.41) is 6.15. The number of aromatic nitrogens is 2. The molecule has 2 amide bonds. The van der Waals surface area contributed by atoms with Crippen LogP contribution in [0.1, 0.15) is 30.6 Å². The number of imidazole rings is 1. The molecule has 7 nitrogen and oxygen atoms in total. The summed E-state index contributed by atoms with van der Waals surface area (Å²) in [5.74, 6) is -0.747. The van der Waals surface area contributed by atoms with Gasteiger partial charge in [0.2, 0.25) is 5.91 Å². The van der Waals surface area contributed by atoms with Gasteiger partial charge in [0.25, 0.3) is 5.91 Å². The Hall–Kier alpha value is -3.06. The second-order valence-electron chi connectivity index (χ2n) is 6.67. The molecule has 3 rings (SSSR count). The number of carbonyl (C=O) groups is 2. The van der Waals surface area contributed by atoms with Crippen molar-refractivity contribution >= 4 is 40.1 Å². The van der Waals surface area contributed by atoms with E-state index >= 15 is 0 Å². The number of carbonyl (C=O) groups excluding carboxylic acids is 2. The topological polar surface area (TPSA) is 107 Å².